The molecule has 6 heteroatoms. The van der Waals surface area contributed by atoms with Crippen molar-refractivity contribution in [2.75, 3.05) is 52.5 Å². The Morgan fingerprint density at radius 1 is 1.29 bits per heavy atom. The van der Waals surface area contributed by atoms with E-state index >= 15 is 0 Å². The monoisotopic (exact) mass is 336 g/mol. The van der Waals surface area contributed by atoms with Crippen LogP contribution in [0.1, 0.15) is 15.9 Å². The SMILES string of the molecule is Cc1ccc(C(=O)N2C[C@@H](CN3CCOCC3)[C@@H](CO)C2)c(F)c1. The topological polar surface area (TPSA) is 53.0 Å². The van der Waals surface area contributed by atoms with Gasteiger partial charge >= 0.3 is 0 Å². The van der Waals surface area contributed by atoms with E-state index in [0.29, 0.717) is 13.1 Å². The standard InChI is InChI=1S/C18H25FN2O3/c1-13-2-3-16(17(19)8-13)18(23)21-10-14(15(11-21)12-22)9-20-4-6-24-7-5-20/h2-3,8,14-15,22H,4-7,9-12H2,1H3/t14-,15-/m1/s1. The molecule has 0 aromatic heterocycles. The van der Waals surface area contributed by atoms with E-state index in [1.165, 1.54) is 6.07 Å². The van der Waals surface area contributed by atoms with Crippen molar-refractivity contribution in [1.29, 1.82) is 0 Å². The van der Waals surface area contributed by atoms with Crippen molar-refractivity contribution in [3.8, 4) is 0 Å². The molecule has 0 spiro atoms. The van der Waals surface area contributed by atoms with Crippen LogP contribution in [0.5, 0.6) is 0 Å². The van der Waals surface area contributed by atoms with Gasteiger partial charge in [0.15, 0.2) is 0 Å². The molecule has 1 aromatic rings. The van der Waals surface area contributed by atoms with Crippen molar-refractivity contribution in [2.24, 2.45) is 11.8 Å². The van der Waals surface area contributed by atoms with Gasteiger partial charge in [-0.1, -0.05) is 6.07 Å². The molecule has 2 fully saturated rings. The maximum atomic E-state index is 14.1. The Hall–Kier alpha value is -1.50. The molecular formula is C18H25FN2O3. The normalized spacial score (nSPS) is 25.2. The zero-order valence-electron chi connectivity index (χ0n) is 14.1. The number of aliphatic hydroxyl groups is 1. The van der Waals surface area contributed by atoms with Gasteiger partial charge in [-0.2, -0.15) is 0 Å². The third-order valence-electron chi connectivity index (χ3n) is 5.05. The highest BCUT2D eigenvalue weighted by atomic mass is 19.1. The zero-order chi connectivity index (χ0) is 17.1. The van der Waals surface area contributed by atoms with Crippen LogP contribution in [-0.2, 0) is 4.74 Å². The van der Waals surface area contributed by atoms with E-state index in [-0.39, 0.29) is 29.9 Å². The van der Waals surface area contributed by atoms with Gasteiger partial charge in [0.25, 0.3) is 5.91 Å². The van der Waals surface area contributed by atoms with Crippen LogP contribution >= 0.6 is 0 Å². The van der Waals surface area contributed by atoms with E-state index in [1.54, 1.807) is 24.0 Å². The molecule has 2 heterocycles. The first-order valence-electron chi connectivity index (χ1n) is 8.55. The van der Waals surface area contributed by atoms with Gasteiger partial charge in [-0.15, -0.1) is 0 Å². The number of hydrogen-bond donors (Lipinski definition) is 1. The molecule has 1 N–H and O–H groups in total. The van der Waals surface area contributed by atoms with Crippen LogP contribution in [0.4, 0.5) is 4.39 Å². The van der Waals surface area contributed by atoms with E-state index in [9.17, 15) is 14.3 Å². The van der Waals surface area contributed by atoms with Crippen molar-refractivity contribution in [2.45, 2.75) is 6.92 Å². The van der Waals surface area contributed by atoms with Gasteiger partial charge in [-0.05, 0) is 30.5 Å². The van der Waals surface area contributed by atoms with Gasteiger partial charge in [0, 0.05) is 45.2 Å². The molecule has 1 aromatic carbocycles. The second kappa shape index (κ2) is 7.59. The quantitative estimate of drug-likeness (QED) is 0.896. The number of nitrogens with zero attached hydrogens (tertiary/aromatic N) is 2. The molecule has 0 bridgehead atoms. The molecule has 0 aliphatic carbocycles. The number of benzene rings is 1. The van der Waals surface area contributed by atoms with E-state index in [0.717, 1.165) is 38.4 Å². The molecule has 0 radical (unpaired) electrons. The van der Waals surface area contributed by atoms with Crippen molar-refractivity contribution in [1.82, 2.24) is 9.80 Å². The summed E-state index contributed by atoms with van der Waals surface area (Å²) >= 11 is 0. The summed E-state index contributed by atoms with van der Waals surface area (Å²) < 4.78 is 19.4. The molecule has 132 valence electrons. The van der Waals surface area contributed by atoms with Gasteiger partial charge < -0.3 is 14.7 Å². The minimum absolute atomic E-state index is 0.0466. The number of rotatable bonds is 4. The molecule has 2 aliphatic rings. The number of hydrogen-bond acceptors (Lipinski definition) is 4. The molecule has 24 heavy (non-hydrogen) atoms. The van der Waals surface area contributed by atoms with E-state index in [1.807, 2.05) is 0 Å². The van der Waals surface area contributed by atoms with Crippen LogP contribution in [-0.4, -0.2) is 73.4 Å². The van der Waals surface area contributed by atoms with E-state index < -0.39 is 5.82 Å². The maximum absolute atomic E-state index is 14.1. The van der Waals surface area contributed by atoms with Gasteiger partial charge in [-0.3, -0.25) is 9.69 Å². The van der Waals surface area contributed by atoms with Crippen molar-refractivity contribution in [3.63, 3.8) is 0 Å². The number of halogens is 1. The van der Waals surface area contributed by atoms with Gasteiger partial charge in [0.1, 0.15) is 5.82 Å². The van der Waals surface area contributed by atoms with Crippen molar-refractivity contribution >= 4 is 5.91 Å². The summed E-state index contributed by atoms with van der Waals surface area (Å²) in [6.07, 6.45) is 0. The smallest absolute Gasteiger partial charge is 0.256 e. The number of morpholine rings is 1. The first-order valence-corrected chi connectivity index (χ1v) is 8.55. The van der Waals surface area contributed by atoms with E-state index in [2.05, 4.69) is 4.90 Å². The summed E-state index contributed by atoms with van der Waals surface area (Å²) in [4.78, 5) is 16.6. The van der Waals surface area contributed by atoms with Crippen molar-refractivity contribution in [3.05, 3.63) is 35.1 Å². The Morgan fingerprint density at radius 3 is 2.67 bits per heavy atom. The van der Waals surface area contributed by atoms with E-state index in [4.69, 9.17) is 4.74 Å². The van der Waals surface area contributed by atoms with Gasteiger partial charge in [0.05, 0.1) is 18.8 Å². The van der Waals surface area contributed by atoms with Crippen molar-refractivity contribution < 1.29 is 19.0 Å². The Kier molecular flexibility index (Phi) is 5.48. The lowest BCUT2D eigenvalue weighted by Gasteiger charge is -2.30. The van der Waals surface area contributed by atoms with Crippen LogP contribution in [0.2, 0.25) is 0 Å². The van der Waals surface area contributed by atoms with Gasteiger partial charge in [-0.25, -0.2) is 4.39 Å². The zero-order valence-corrected chi connectivity index (χ0v) is 14.1. The second-order valence-electron chi connectivity index (χ2n) is 6.81. The molecule has 1 amide bonds. The van der Waals surface area contributed by atoms with Crippen LogP contribution in [0, 0.1) is 24.6 Å². The average molecular weight is 336 g/mol. The molecule has 0 unspecified atom stereocenters. The van der Waals surface area contributed by atoms with Crippen LogP contribution < -0.4 is 0 Å². The Bertz CT molecular complexity index is 590. The fourth-order valence-corrected chi connectivity index (χ4v) is 3.60. The third-order valence-corrected chi connectivity index (χ3v) is 5.05. The van der Waals surface area contributed by atoms with Crippen LogP contribution in [0.25, 0.3) is 0 Å². The molecule has 2 saturated heterocycles. The highest BCUT2D eigenvalue weighted by Gasteiger charge is 2.36. The number of ether oxygens (including phenoxy) is 1. The molecule has 0 saturated carbocycles. The lowest BCUT2D eigenvalue weighted by Crippen LogP contribution is -2.41. The number of amides is 1. The predicted octanol–water partition coefficient (Wildman–Crippen LogP) is 1.15. The Morgan fingerprint density at radius 2 is 2.00 bits per heavy atom. The summed E-state index contributed by atoms with van der Waals surface area (Å²) in [7, 11) is 0. The fraction of sp³-hybridized carbons (Fsp3) is 0.611. The summed E-state index contributed by atoms with van der Waals surface area (Å²) in [5, 5.41) is 9.67. The summed E-state index contributed by atoms with van der Waals surface area (Å²) in [6.45, 7) is 6.97. The molecule has 2 atom stereocenters. The first kappa shape index (κ1) is 17.3. The second-order valence-corrected chi connectivity index (χ2v) is 6.81. The summed E-state index contributed by atoms with van der Waals surface area (Å²) in [5.41, 5.74) is 0.910. The Labute approximate surface area is 142 Å². The number of carbonyl (C=O) groups excluding carboxylic acids is 1. The molecular weight excluding hydrogens is 311 g/mol. The van der Waals surface area contributed by atoms with Gasteiger partial charge in [0.2, 0.25) is 0 Å². The lowest BCUT2D eigenvalue weighted by molar-refractivity contribution is 0.0264. The summed E-state index contributed by atoms with van der Waals surface area (Å²) in [5.74, 6) is -0.497. The van der Waals surface area contributed by atoms with Crippen LogP contribution in [0.3, 0.4) is 0 Å². The average Bonchev–Trinajstić information content (AvgIpc) is 2.98. The molecule has 5 nitrogen and oxygen atoms in total. The maximum Gasteiger partial charge on any atom is 0.256 e. The number of aryl methyl sites for hydroxylation is 1. The molecule has 3 rings (SSSR count). The largest absolute Gasteiger partial charge is 0.396 e. The fourth-order valence-electron chi connectivity index (χ4n) is 3.60. The molecule has 2 aliphatic heterocycles. The lowest BCUT2D eigenvalue weighted by atomic mass is 9.96. The third kappa shape index (κ3) is 3.77. The minimum atomic E-state index is -0.475. The first-order chi connectivity index (χ1) is 11.6. The number of aliphatic hydroxyl groups excluding tert-OH is 1. The van der Waals surface area contributed by atoms with Crippen LogP contribution in [0.15, 0.2) is 18.2 Å². The number of likely N-dealkylation sites (tertiary alicyclic amines) is 1. The summed E-state index contributed by atoms with van der Waals surface area (Å²) in [6, 6.07) is 4.69. The Balaban J connectivity index is 1.67. The highest BCUT2D eigenvalue weighted by molar-refractivity contribution is 5.94. The highest BCUT2D eigenvalue weighted by Crippen LogP contribution is 2.26. The minimum Gasteiger partial charge on any atom is -0.396 e. The predicted molar refractivity (Wildman–Crippen MR) is 88.4 cm³/mol. The number of carbonyl (C=O) groups is 1.